The molecule has 1 aliphatic rings. The Hall–Kier alpha value is -2.20. The zero-order valence-corrected chi connectivity index (χ0v) is 21.5. The summed E-state index contributed by atoms with van der Waals surface area (Å²) in [5, 5.41) is 17.0. The minimum atomic E-state index is -0.439. The second kappa shape index (κ2) is 12.0. The standard InChI is InChI=1S/C24H32ClN3O5S/c1-13-7-20(34-4)18(24(31)28-13)10-27-23(30)17-8-19(25)22(21(29)15(17)3)33-14(2)5-6-26-9-16-11-32-12-16/h7-8,14,16,26,29H,5-6,9-12H2,1-4H3,(H,27,30)(H,28,31). The number of hydrogen-bond donors (Lipinski definition) is 4. The zero-order chi connectivity index (χ0) is 24.8. The van der Waals surface area contributed by atoms with E-state index >= 15 is 0 Å². The minimum absolute atomic E-state index is 0.0533. The Bertz CT molecular complexity index is 1090. The van der Waals surface area contributed by atoms with Crippen molar-refractivity contribution in [2.24, 2.45) is 5.92 Å². The number of aromatic amines is 1. The fraction of sp³-hybridized carbons (Fsp3) is 0.500. The molecule has 2 heterocycles. The molecule has 1 aromatic carbocycles. The first-order valence-electron chi connectivity index (χ1n) is 11.2. The molecule has 1 aliphatic heterocycles. The predicted octanol–water partition coefficient (Wildman–Crippen LogP) is 3.40. The van der Waals surface area contributed by atoms with E-state index in [1.54, 1.807) is 6.92 Å². The Morgan fingerprint density at radius 3 is 2.76 bits per heavy atom. The van der Waals surface area contributed by atoms with Gasteiger partial charge in [-0.15, -0.1) is 11.8 Å². The van der Waals surface area contributed by atoms with Crippen molar-refractivity contribution in [3.63, 3.8) is 0 Å². The number of hydrogen-bond acceptors (Lipinski definition) is 7. The predicted molar refractivity (Wildman–Crippen MR) is 134 cm³/mol. The number of rotatable bonds is 11. The maximum Gasteiger partial charge on any atom is 0.254 e. The van der Waals surface area contributed by atoms with Gasteiger partial charge in [0, 0.05) is 46.3 Å². The van der Waals surface area contributed by atoms with Crippen LogP contribution in [0.4, 0.5) is 0 Å². The topological polar surface area (TPSA) is 113 Å². The molecule has 0 saturated carbocycles. The number of H-pyrrole nitrogens is 1. The highest BCUT2D eigenvalue weighted by atomic mass is 35.5. The number of phenolic OH excluding ortho intramolecular Hbond substituents is 1. The van der Waals surface area contributed by atoms with Gasteiger partial charge in [-0.1, -0.05) is 11.6 Å². The van der Waals surface area contributed by atoms with Crippen molar-refractivity contribution in [2.75, 3.05) is 32.6 Å². The summed E-state index contributed by atoms with van der Waals surface area (Å²) < 4.78 is 11.1. The molecule has 8 nitrogen and oxygen atoms in total. The van der Waals surface area contributed by atoms with Crippen LogP contribution in [0.5, 0.6) is 11.5 Å². The number of benzene rings is 1. The van der Waals surface area contributed by atoms with Gasteiger partial charge in [-0.3, -0.25) is 9.59 Å². The van der Waals surface area contributed by atoms with Gasteiger partial charge in [-0.05, 0) is 52.1 Å². The molecule has 4 N–H and O–H groups in total. The lowest BCUT2D eigenvalue weighted by molar-refractivity contribution is -0.0307. The smallest absolute Gasteiger partial charge is 0.254 e. The average molecular weight is 510 g/mol. The summed E-state index contributed by atoms with van der Waals surface area (Å²) in [6.45, 7) is 8.69. The number of ether oxygens (including phenoxy) is 2. The first-order chi connectivity index (χ1) is 16.2. The molecule has 0 radical (unpaired) electrons. The Morgan fingerprint density at radius 2 is 2.12 bits per heavy atom. The molecule has 0 bridgehead atoms. The third-order valence-corrected chi connectivity index (χ3v) is 6.85. The Balaban J connectivity index is 1.63. The third kappa shape index (κ3) is 6.47. The van der Waals surface area contributed by atoms with Crippen LogP contribution in [-0.2, 0) is 11.3 Å². The van der Waals surface area contributed by atoms with Crippen molar-refractivity contribution < 1.29 is 19.4 Å². The fourth-order valence-electron chi connectivity index (χ4n) is 3.63. The van der Waals surface area contributed by atoms with E-state index in [-0.39, 0.29) is 40.3 Å². The summed E-state index contributed by atoms with van der Waals surface area (Å²) in [6.07, 6.45) is 2.42. The van der Waals surface area contributed by atoms with Gasteiger partial charge in [0.05, 0.1) is 24.3 Å². The highest BCUT2D eigenvalue weighted by molar-refractivity contribution is 7.98. The Morgan fingerprint density at radius 1 is 1.38 bits per heavy atom. The SMILES string of the molecule is CSc1cc(C)[nH]c(=O)c1CNC(=O)c1cc(Cl)c(OC(C)CCNCC2COC2)c(O)c1C. The maximum absolute atomic E-state index is 12.9. The van der Waals surface area contributed by atoms with E-state index in [1.807, 2.05) is 26.2 Å². The molecular weight excluding hydrogens is 478 g/mol. The van der Waals surface area contributed by atoms with Crippen LogP contribution in [0.15, 0.2) is 21.8 Å². The number of nitrogens with one attached hydrogen (secondary N) is 3. The van der Waals surface area contributed by atoms with Crippen LogP contribution < -0.4 is 20.9 Å². The van der Waals surface area contributed by atoms with E-state index in [4.69, 9.17) is 21.1 Å². The first-order valence-corrected chi connectivity index (χ1v) is 12.8. The van der Waals surface area contributed by atoms with E-state index in [0.717, 1.165) is 43.3 Å². The molecular formula is C24H32ClN3O5S. The van der Waals surface area contributed by atoms with Crippen molar-refractivity contribution in [2.45, 2.75) is 44.7 Å². The van der Waals surface area contributed by atoms with E-state index in [1.165, 1.54) is 17.8 Å². The van der Waals surface area contributed by atoms with E-state index in [2.05, 4.69) is 15.6 Å². The molecule has 1 saturated heterocycles. The Kier molecular flexibility index (Phi) is 9.30. The van der Waals surface area contributed by atoms with Crippen molar-refractivity contribution in [1.29, 1.82) is 0 Å². The molecule has 186 valence electrons. The highest BCUT2D eigenvalue weighted by Gasteiger charge is 2.22. The number of phenols is 1. The maximum atomic E-state index is 12.9. The van der Waals surface area contributed by atoms with Gasteiger partial charge in [0.2, 0.25) is 0 Å². The molecule has 3 rings (SSSR count). The summed E-state index contributed by atoms with van der Waals surface area (Å²) in [6, 6.07) is 3.35. The molecule has 1 unspecified atom stereocenters. The number of aromatic nitrogens is 1. The molecule has 1 amide bonds. The number of aromatic hydroxyl groups is 1. The lowest BCUT2D eigenvalue weighted by atomic mass is 10.1. The summed E-state index contributed by atoms with van der Waals surface area (Å²) in [5.41, 5.74) is 1.57. The van der Waals surface area contributed by atoms with Crippen LogP contribution in [0.2, 0.25) is 5.02 Å². The highest BCUT2D eigenvalue weighted by Crippen LogP contribution is 2.40. The summed E-state index contributed by atoms with van der Waals surface area (Å²) >= 11 is 7.82. The van der Waals surface area contributed by atoms with Crippen LogP contribution in [0.1, 0.15) is 40.5 Å². The number of pyridine rings is 1. The molecule has 1 fully saturated rings. The first kappa shape index (κ1) is 26.4. The molecule has 1 atom stereocenters. The Labute approximate surface area is 208 Å². The van der Waals surface area contributed by atoms with Gasteiger partial charge in [-0.2, -0.15) is 0 Å². The van der Waals surface area contributed by atoms with Gasteiger partial charge >= 0.3 is 0 Å². The van der Waals surface area contributed by atoms with Crippen LogP contribution in [0.3, 0.4) is 0 Å². The van der Waals surface area contributed by atoms with Gasteiger partial charge < -0.3 is 30.2 Å². The largest absolute Gasteiger partial charge is 0.504 e. The van der Waals surface area contributed by atoms with E-state index in [9.17, 15) is 14.7 Å². The van der Waals surface area contributed by atoms with Crippen molar-refractivity contribution in [1.82, 2.24) is 15.6 Å². The number of carbonyl (C=O) groups excluding carboxylic acids is 1. The minimum Gasteiger partial charge on any atom is -0.504 e. The van der Waals surface area contributed by atoms with E-state index < -0.39 is 5.91 Å². The molecule has 34 heavy (non-hydrogen) atoms. The van der Waals surface area contributed by atoms with Crippen LogP contribution in [0.25, 0.3) is 0 Å². The van der Waals surface area contributed by atoms with Crippen LogP contribution in [0, 0.1) is 19.8 Å². The quantitative estimate of drug-likeness (QED) is 0.271. The van der Waals surface area contributed by atoms with Crippen molar-refractivity contribution in [3.8, 4) is 11.5 Å². The number of halogens is 1. The number of amides is 1. The molecule has 0 aliphatic carbocycles. The molecule has 10 heteroatoms. The second-order valence-electron chi connectivity index (χ2n) is 8.54. The summed E-state index contributed by atoms with van der Waals surface area (Å²) in [5.74, 6) is 0.135. The normalized spacial score (nSPS) is 14.5. The van der Waals surface area contributed by atoms with Crippen molar-refractivity contribution in [3.05, 3.63) is 49.9 Å². The summed E-state index contributed by atoms with van der Waals surface area (Å²) in [7, 11) is 0. The van der Waals surface area contributed by atoms with Gasteiger partial charge in [0.1, 0.15) is 0 Å². The van der Waals surface area contributed by atoms with Crippen LogP contribution >= 0.6 is 23.4 Å². The zero-order valence-electron chi connectivity index (χ0n) is 19.9. The lowest BCUT2D eigenvalue weighted by Crippen LogP contribution is -2.37. The average Bonchev–Trinajstić information content (AvgIpc) is 2.76. The molecule has 2 aromatic rings. The lowest BCUT2D eigenvalue weighted by Gasteiger charge is -2.26. The molecule has 0 spiro atoms. The number of thioether (sulfide) groups is 1. The van der Waals surface area contributed by atoms with Gasteiger partial charge in [-0.25, -0.2) is 0 Å². The second-order valence-corrected chi connectivity index (χ2v) is 9.80. The number of carbonyl (C=O) groups is 1. The van der Waals surface area contributed by atoms with Crippen molar-refractivity contribution >= 4 is 29.3 Å². The monoisotopic (exact) mass is 509 g/mol. The van der Waals surface area contributed by atoms with E-state index in [0.29, 0.717) is 17.0 Å². The van der Waals surface area contributed by atoms with Gasteiger partial charge in [0.15, 0.2) is 11.5 Å². The fourth-order valence-corrected chi connectivity index (χ4v) is 4.58. The third-order valence-electron chi connectivity index (χ3n) is 5.77. The summed E-state index contributed by atoms with van der Waals surface area (Å²) in [4.78, 5) is 28.7. The number of aryl methyl sites for hydroxylation is 1. The van der Waals surface area contributed by atoms with Crippen LogP contribution in [-0.4, -0.2) is 54.7 Å². The molecule has 1 aromatic heterocycles. The van der Waals surface area contributed by atoms with Gasteiger partial charge in [0.25, 0.3) is 11.5 Å².